The second kappa shape index (κ2) is 6.25. The van der Waals surface area contributed by atoms with Crippen molar-refractivity contribution in [3.63, 3.8) is 0 Å². The van der Waals surface area contributed by atoms with Crippen LogP contribution >= 0.6 is 0 Å². The molecule has 0 atom stereocenters. The molecule has 0 radical (unpaired) electrons. The molecule has 1 N–H and O–H groups in total. The lowest BCUT2D eigenvalue weighted by molar-refractivity contribution is -0.133. The van der Waals surface area contributed by atoms with Gasteiger partial charge in [-0.05, 0) is 52.8 Å². The van der Waals surface area contributed by atoms with Crippen molar-refractivity contribution in [2.24, 2.45) is 0 Å². The molecule has 0 amide bonds. The fourth-order valence-electron chi connectivity index (χ4n) is 4.53. The molecule has 30 heavy (non-hydrogen) atoms. The number of rotatable bonds is 2. The van der Waals surface area contributed by atoms with E-state index in [1.165, 1.54) is 6.07 Å². The molecule has 1 aliphatic rings. The number of hydrogen-bond donors (Lipinski definition) is 1. The van der Waals surface area contributed by atoms with Crippen molar-refractivity contribution >= 4 is 22.4 Å². The predicted octanol–water partition coefficient (Wildman–Crippen LogP) is 4.11. The summed E-state index contributed by atoms with van der Waals surface area (Å²) in [7, 11) is 0. The summed E-state index contributed by atoms with van der Waals surface area (Å²) >= 11 is 0. The van der Waals surface area contributed by atoms with E-state index in [0.29, 0.717) is 35.5 Å². The highest BCUT2D eigenvalue weighted by molar-refractivity contribution is 5.86. The molecular weight excluding hydrogens is 383 g/mol. The number of H-pyrrole nitrogens is 1. The number of benzene rings is 1. The summed E-state index contributed by atoms with van der Waals surface area (Å²) in [6, 6.07) is 7.16. The van der Waals surface area contributed by atoms with E-state index in [1.54, 1.807) is 10.7 Å². The average Bonchev–Trinajstić information content (AvgIpc) is 3.21. The van der Waals surface area contributed by atoms with Crippen molar-refractivity contribution in [2.45, 2.75) is 45.8 Å². The molecule has 0 unspecified atom stereocenters. The first kappa shape index (κ1) is 19.0. The number of aryl methyl sites for hydroxylation is 1. The van der Waals surface area contributed by atoms with Crippen LogP contribution in [-0.2, 0) is 4.74 Å². The Bertz CT molecular complexity index is 1260. The second-order valence-electron chi connectivity index (χ2n) is 9.27. The normalized spacial score (nSPS) is 18.4. The number of fused-ring (bicyclic) bond motifs is 2. The SMILES string of the molecule is Cc1n[nH]c2cc(F)c(-c3cnc4ccc(N5CC(C)(C)OC(C)(C)C5)nn34)cc12. The molecule has 1 aromatic carbocycles. The second-order valence-corrected chi connectivity index (χ2v) is 9.27. The molecule has 0 spiro atoms. The Hall–Kier alpha value is -3.00. The lowest BCUT2D eigenvalue weighted by Crippen LogP contribution is -2.57. The smallest absolute Gasteiger partial charge is 0.154 e. The summed E-state index contributed by atoms with van der Waals surface area (Å²) in [5.74, 6) is 0.473. The van der Waals surface area contributed by atoms with Crippen molar-refractivity contribution < 1.29 is 9.13 Å². The average molecular weight is 408 g/mol. The van der Waals surface area contributed by atoms with Gasteiger partial charge in [-0.2, -0.15) is 5.10 Å². The number of anilines is 1. The van der Waals surface area contributed by atoms with Crippen LogP contribution in [0.5, 0.6) is 0 Å². The van der Waals surface area contributed by atoms with E-state index in [9.17, 15) is 4.39 Å². The number of halogens is 1. The van der Waals surface area contributed by atoms with E-state index in [2.05, 4.69) is 47.8 Å². The molecule has 1 aliphatic heterocycles. The van der Waals surface area contributed by atoms with Gasteiger partial charge in [0.15, 0.2) is 5.65 Å². The first-order valence-electron chi connectivity index (χ1n) is 10.1. The topological polar surface area (TPSA) is 71.3 Å². The summed E-state index contributed by atoms with van der Waals surface area (Å²) in [4.78, 5) is 6.65. The molecule has 1 saturated heterocycles. The van der Waals surface area contributed by atoms with Gasteiger partial charge < -0.3 is 9.64 Å². The lowest BCUT2D eigenvalue weighted by Gasteiger charge is -2.47. The molecule has 1 fully saturated rings. The number of aromatic nitrogens is 5. The van der Waals surface area contributed by atoms with Crippen LogP contribution in [0.4, 0.5) is 10.2 Å². The molecule has 4 heterocycles. The molecule has 7 nitrogen and oxygen atoms in total. The monoisotopic (exact) mass is 408 g/mol. The Morgan fingerprint density at radius 2 is 1.83 bits per heavy atom. The van der Waals surface area contributed by atoms with Gasteiger partial charge in [0.1, 0.15) is 11.6 Å². The fraction of sp³-hybridized carbons (Fsp3) is 0.409. The maximum atomic E-state index is 14.9. The molecule has 0 bridgehead atoms. The number of imidazole rings is 1. The number of aromatic amines is 1. The van der Waals surface area contributed by atoms with Crippen LogP contribution in [0.2, 0.25) is 0 Å². The number of hydrogen-bond acceptors (Lipinski definition) is 5. The molecular formula is C22H25FN6O. The van der Waals surface area contributed by atoms with Crippen molar-refractivity contribution in [1.82, 2.24) is 24.8 Å². The third-order valence-electron chi connectivity index (χ3n) is 5.49. The Labute approximate surface area is 173 Å². The number of morpholine rings is 1. The maximum absolute atomic E-state index is 14.9. The van der Waals surface area contributed by atoms with Crippen molar-refractivity contribution in [2.75, 3.05) is 18.0 Å². The van der Waals surface area contributed by atoms with Crippen molar-refractivity contribution in [3.05, 3.63) is 42.0 Å². The third kappa shape index (κ3) is 3.11. The van der Waals surface area contributed by atoms with Gasteiger partial charge in [-0.25, -0.2) is 13.9 Å². The minimum atomic E-state index is -0.339. The van der Waals surface area contributed by atoms with Crippen LogP contribution in [0.15, 0.2) is 30.5 Å². The highest BCUT2D eigenvalue weighted by Gasteiger charge is 2.38. The standard InChI is InChI=1S/C22H25FN6O/c1-13-14-8-15(16(23)9-17(14)26-25-13)18-10-24-19-6-7-20(27-29(18)19)28-11-21(2,3)30-22(4,5)12-28/h6-10H,11-12H2,1-5H3,(H,25,26). The van der Waals surface area contributed by atoms with E-state index >= 15 is 0 Å². The van der Waals surface area contributed by atoms with Gasteiger partial charge in [-0.1, -0.05) is 0 Å². The zero-order valence-electron chi connectivity index (χ0n) is 17.8. The van der Waals surface area contributed by atoms with Crippen LogP contribution in [0.1, 0.15) is 33.4 Å². The van der Waals surface area contributed by atoms with Crippen molar-refractivity contribution in [1.29, 1.82) is 0 Å². The molecule has 0 aliphatic carbocycles. The van der Waals surface area contributed by atoms with E-state index in [4.69, 9.17) is 9.84 Å². The predicted molar refractivity (Wildman–Crippen MR) is 114 cm³/mol. The maximum Gasteiger partial charge on any atom is 0.154 e. The zero-order valence-corrected chi connectivity index (χ0v) is 17.8. The minimum absolute atomic E-state index is 0.299. The highest BCUT2D eigenvalue weighted by Crippen LogP contribution is 2.32. The first-order valence-corrected chi connectivity index (χ1v) is 10.1. The molecule has 0 saturated carbocycles. The van der Waals surface area contributed by atoms with E-state index in [0.717, 1.165) is 16.9 Å². The van der Waals surface area contributed by atoms with Crippen LogP contribution in [0, 0.1) is 12.7 Å². The van der Waals surface area contributed by atoms with Gasteiger partial charge in [-0.15, -0.1) is 5.10 Å². The van der Waals surface area contributed by atoms with Gasteiger partial charge >= 0.3 is 0 Å². The number of ether oxygens (including phenoxy) is 1. The first-order chi connectivity index (χ1) is 14.1. The Morgan fingerprint density at radius 1 is 1.10 bits per heavy atom. The molecule has 156 valence electrons. The molecule has 3 aromatic heterocycles. The van der Waals surface area contributed by atoms with Crippen molar-refractivity contribution in [3.8, 4) is 11.3 Å². The van der Waals surface area contributed by atoms with E-state index in [1.807, 2.05) is 25.1 Å². The van der Waals surface area contributed by atoms with Gasteiger partial charge in [0, 0.05) is 30.1 Å². The molecule has 8 heteroatoms. The minimum Gasteiger partial charge on any atom is -0.366 e. The highest BCUT2D eigenvalue weighted by atomic mass is 19.1. The van der Waals surface area contributed by atoms with Gasteiger partial charge in [0.25, 0.3) is 0 Å². The van der Waals surface area contributed by atoms with E-state index < -0.39 is 0 Å². The number of nitrogens with zero attached hydrogens (tertiary/aromatic N) is 5. The van der Waals surface area contributed by atoms with Crippen LogP contribution < -0.4 is 4.90 Å². The fourth-order valence-corrected chi connectivity index (χ4v) is 4.53. The van der Waals surface area contributed by atoms with E-state index in [-0.39, 0.29) is 17.0 Å². The quantitative estimate of drug-likeness (QED) is 0.540. The third-order valence-corrected chi connectivity index (χ3v) is 5.49. The largest absolute Gasteiger partial charge is 0.366 e. The van der Waals surface area contributed by atoms with Crippen LogP contribution in [-0.4, -0.2) is 49.1 Å². The summed E-state index contributed by atoms with van der Waals surface area (Å²) < 4.78 is 22.8. The lowest BCUT2D eigenvalue weighted by atomic mass is 9.99. The molecule has 5 rings (SSSR count). The van der Waals surface area contributed by atoms with Gasteiger partial charge in [0.2, 0.25) is 0 Å². The van der Waals surface area contributed by atoms with Gasteiger partial charge in [0.05, 0.1) is 34.3 Å². The summed E-state index contributed by atoms with van der Waals surface area (Å²) in [6.45, 7) is 11.7. The Morgan fingerprint density at radius 3 is 2.57 bits per heavy atom. The van der Waals surface area contributed by atoms with Gasteiger partial charge in [-0.3, -0.25) is 5.10 Å². The Balaban J connectivity index is 1.62. The summed E-state index contributed by atoms with van der Waals surface area (Å²) in [6.07, 6.45) is 1.67. The summed E-state index contributed by atoms with van der Waals surface area (Å²) in [5.41, 5.74) is 2.63. The zero-order chi connectivity index (χ0) is 21.3. The Kier molecular flexibility index (Phi) is 3.96. The number of nitrogens with one attached hydrogen (secondary N) is 1. The van der Waals surface area contributed by atoms with Crippen LogP contribution in [0.3, 0.4) is 0 Å². The summed E-state index contributed by atoms with van der Waals surface area (Å²) in [5, 5.41) is 12.8. The van der Waals surface area contributed by atoms with Crippen LogP contribution in [0.25, 0.3) is 27.8 Å². The molecule has 4 aromatic rings.